The number of carbonyl (C=O) groups is 1. The molecule has 1 unspecified atom stereocenters. The summed E-state index contributed by atoms with van der Waals surface area (Å²) < 4.78 is 11.2. The van der Waals surface area contributed by atoms with Gasteiger partial charge in [0.05, 0.1) is 11.3 Å². The van der Waals surface area contributed by atoms with Crippen LogP contribution in [0.4, 0.5) is 5.82 Å². The minimum absolute atomic E-state index is 0.158. The number of benzene rings is 1. The van der Waals surface area contributed by atoms with E-state index < -0.39 is 6.10 Å². The fourth-order valence-electron chi connectivity index (χ4n) is 3.70. The maximum absolute atomic E-state index is 12.3. The molecule has 2 aromatic rings. The Bertz CT molecular complexity index is 985. The molecule has 5 N–H and O–H groups in total. The molecule has 0 aliphatic carbocycles. The van der Waals surface area contributed by atoms with Gasteiger partial charge in [-0.1, -0.05) is 12.1 Å². The molecule has 9 nitrogen and oxygen atoms in total. The van der Waals surface area contributed by atoms with Gasteiger partial charge in [-0.15, -0.1) is 0 Å². The number of carbonyl (C=O) groups excluding carboxylic acids is 1. The Kier molecular flexibility index (Phi) is 8.76. The van der Waals surface area contributed by atoms with Crippen molar-refractivity contribution in [2.24, 2.45) is 5.73 Å². The molecular weight excluding hydrogens is 422 g/mol. The molecule has 3 rings (SSSR count). The Morgan fingerprint density at radius 1 is 1.27 bits per heavy atom. The molecule has 1 aliphatic heterocycles. The number of nitrogens with two attached hydrogens (primary N) is 1. The lowest BCUT2D eigenvalue weighted by molar-refractivity contribution is -0.111. The van der Waals surface area contributed by atoms with Crippen LogP contribution in [0.2, 0.25) is 0 Å². The third-order valence-electron chi connectivity index (χ3n) is 5.28. The van der Waals surface area contributed by atoms with E-state index in [1.807, 2.05) is 24.3 Å². The van der Waals surface area contributed by atoms with E-state index in [9.17, 15) is 9.90 Å². The summed E-state index contributed by atoms with van der Waals surface area (Å²) in [6, 6.07) is 9.33. The second-order valence-electron chi connectivity index (χ2n) is 8.16. The highest BCUT2D eigenvalue weighted by Crippen LogP contribution is 2.27. The summed E-state index contributed by atoms with van der Waals surface area (Å²) >= 11 is 0. The molecule has 178 valence electrons. The number of ketones is 1. The standard InChI is InChI=1S/C24H33N5O4/c1-15(25)23(16(2)30)21-12-22(27-18-7-9-32-10-8-18)29-24(28-21)17-5-4-6-20(11-17)33-14-19(31)13-26-3/h4-6,11-12,18-19,26,31H,7-10,13-14,25H2,1-3H3,(H,27,28,29)/b23-15-. The number of ether oxygens (including phenoxy) is 2. The molecule has 1 aromatic carbocycles. The Morgan fingerprint density at radius 2 is 2.03 bits per heavy atom. The summed E-state index contributed by atoms with van der Waals surface area (Å²) in [6.07, 6.45) is 1.13. The maximum atomic E-state index is 12.3. The highest BCUT2D eigenvalue weighted by atomic mass is 16.5. The predicted molar refractivity (Wildman–Crippen MR) is 128 cm³/mol. The van der Waals surface area contributed by atoms with E-state index in [2.05, 4.69) is 15.6 Å². The van der Waals surface area contributed by atoms with Crippen molar-refractivity contribution in [3.05, 3.63) is 41.7 Å². The van der Waals surface area contributed by atoms with Crippen molar-refractivity contribution in [3.63, 3.8) is 0 Å². The van der Waals surface area contributed by atoms with E-state index in [-0.39, 0.29) is 18.4 Å². The number of likely N-dealkylation sites (N-methyl/N-ethyl adjacent to an activating group) is 1. The number of hydrogen-bond donors (Lipinski definition) is 4. The molecule has 0 saturated carbocycles. The Labute approximate surface area is 194 Å². The van der Waals surface area contributed by atoms with Crippen LogP contribution in [0, 0.1) is 0 Å². The number of Topliss-reactive ketones (excluding diaryl/α,β-unsaturated/α-hetero) is 1. The number of anilines is 1. The van der Waals surface area contributed by atoms with E-state index in [0.717, 1.165) is 18.4 Å². The summed E-state index contributed by atoms with van der Waals surface area (Å²) in [6.45, 7) is 5.15. The summed E-state index contributed by atoms with van der Waals surface area (Å²) in [5.41, 5.74) is 7.99. The molecule has 0 radical (unpaired) electrons. The van der Waals surface area contributed by atoms with Crippen molar-refractivity contribution in [3.8, 4) is 17.1 Å². The van der Waals surface area contributed by atoms with Crippen LogP contribution in [0.25, 0.3) is 17.0 Å². The van der Waals surface area contributed by atoms with E-state index in [1.54, 1.807) is 20.0 Å². The first-order chi connectivity index (χ1) is 15.9. The van der Waals surface area contributed by atoms with Gasteiger partial charge >= 0.3 is 0 Å². The molecular formula is C24H33N5O4. The second-order valence-corrected chi connectivity index (χ2v) is 8.16. The van der Waals surface area contributed by atoms with Crippen molar-refractivity contribution in [2.45, 2.75) is 38.8 Å². The summed E-state index contributed by atoms with van der Waals surface area (Å²) in [5, 5.41) is 16.3. The number of aliphatic hydroxyl groups is 1. The van der Waals surface area contributed by atoms with Crippen molar-refractivity contribution in [1.29, 1.82) is 0 Å². The fraction of sp³-hybridized carbons (Fsp3) is 0.458. The van der Waals surface area contributed by atoms with Gasteiger partial charge in [0.2, 0.25) is 0 Å². The molecule has 1 fully saturated rings. The summed E-state index contributed by atoms with van der Waals surface area (Å²) in [5.74, 6) is 1.50. The van der Waals surface area contributed by atoms with Crippen molar-refractivity contribution in [1.82, 2.24) is 15.3 Å². The van der Waals surface area contributed by atoms with Crippen LogP contribution in [-0.2, 0) is 9.53 Å². The Balaban J connectivity index is 1.95. The molecule has 1 aliphatic rings. The van der Waals surface area contributed by atoms with E-state index >= 15 is 0 Å². The maximum Gasteiger partial charge on any atom is 0.163 e. The molecule has 9 heteroatoms. The number of allylic oxidation sites excluding steroid dienone is 2. The number of nitrogens with one attached hydrogen (secondary N) is 2. The lowest BCUT2D eigenvalue weighted by Crippen LogP contribution is -2.29. The zero-order valence-corrected chi connectivity index (χ0v) is 19.4. The molecule has 0 spiro atoms. The van der Waals surface area contributed by atoms with Crippen molar-refractivity contribution >= 4 is 17.2 Å². The Morgan fingerprint density at radius 3 is 2.70 bits per heavy atom. The van der Waals surface area contributed by atoms with Crippen LogP contribution in [0.5, 0.6) is 5.75 Å². The van der Waals surface area contributed by atoms with Gasteiger partial charge in [-0.25, -0.2) is 9.97 Å². The van der Waals surface area contributed by atoms with Gasteiger partial charge < -0.3 is 30.9 Å². The number of aliphatic hydroxyl groups excluding tert-OH is 1. The zero-order chi connectivity index (χ0) is 23.8. The van der Waals surface area contributed by atoms with Gasteiger partial charge in [0.15, 0.2) is 11.6 Å². The molecule has 0 amide bonds. The van der Waals surface area contributed by atoms with Crippen molar-refractivity contribution in [2.75, 3.05) is 38.7 Å². The van der Waals surface area contributed by atoms with Crippen LogP contribution in [0.15, 0.2) is 36.0 Å². The van der Waals surface area contributed by atoms with Gasteiger partial charge in [-0.05, 0) is 45.9 Å². The minimum atomic E-state index is -0.621. The average Bonchev–Trinajstić information content (AvgIpc) is 2.78. The van der Waals surface area contributed by atoms with Gasteiger partial charge in [0.25, 0.3) is 0 Å². The lowest BCUT2D eigenvalue weighted by atomic mass is 10.1. The third kappa shape index (κ3) is 6.98. The zero-order valence-electron chi connectivity index (χ0n) is 19.4. The van der Waals surface area contributed by atoms with E-state index in [0.29, 0.717) is 54.1 Å². The van der Waals surface area contributed by atoms with Gasteiger partial charge in [0.1, 0.15) is 24.3 Å². The monoisotopic (exact) mass is 455 g/mol. The highest BCUT2D eigenvalue weighted by Gasteiger charge is 2.19. The topological polar surface area (TPSA) is 132 Å². The smallest absolute Gasteiger partial charge is 0.163 e. The fourth-order valence-corrected chi connectivity index (χ4v) is 3.70. The Hall–Kier alpha value is -3.01. The molecule has 1 saturated heterocycles. The first kappa shape index (κ1) is 24.6. The number of hydrogen-bond acceptors (Lipinski definition) is 9. The van der Waals surface area contributed by atoms with Crippen LogP contribution < -0.4 is 21.1 Å². The van der Waals surface area contributed by atoms with E-state index in [1.165, 1.54) is 6.92 Å². The molecule has 1 aromatic heterocycles. The lowest BCUT2D eigenvalue weighted by Gasteiger charge is -2.24. The molecule has 33 heavy (non-hydrogen) atoms. The SMILES string of the molecule is CNCC(O)COc1cccc(-c2nc(NC3CCOCC3)cc(/C(C(C)=O)=C(/C)N)n2)c1. The molecule has 0 bridgehead atoms. The normalized spacial score (nSPS) is 16.1. The highest BCUT2D eigenvalue weighted by molar-refractivity contribution is 6.19. The average molecular weight is 456 g/mol. The quantitative estimate of drug-likeness (QED) is 0.397. The number of rotatable bonds is 10. The first-order valence-electron chi connectivity index (χ1n) is 11.1. The summed E-state index contributed by atoms with van der Waals surface area (Å²) in [7, 11) is 1.77. The predicted octanol–water partition coefficient (Wildman–Crippen LogP) is 1.97. The van der Waals surface area contributed by atoms with Crippen LogP contribution in [0.3, 0.4) is 0 Å². The van der Waals surface area contributed by atoms with Crippen molar-refractivity contribution < 1.29 is 19.4 Å². The van der Waals surface area contributed by atoms with Gasteiger partial charge in [-0.3, -0.25) is 4.79 Å². The third-order valence-corrected chi connectivity index (χ3v) is 5.28. The molecule has 2 heterocycles. The largest absolute Gasteiger partial charge is 0.491 e. The van der Waals surface area contributed by atoms with E-state index in [4.69, 9.17) is 20.2 Å². The van der Waals surface area contributed by atoms with Gasteiger partial charge in [-0.2, -0.15) is 0 Å². The van der Waals surface area contributed by atoms with Crippen LogP contribution in [0.1, 0.15) is 32.4 Å². The number of aromatic nitrogens is 2. The van der Waals surface area contributed by atoms with Gasteiger partial charge in [0, 0.05) is 43.1 Å². The van der Waals surface area contributed by atoms with Crippen LogP contribution >= 0.6 is 0 Å². The van der Waals surface area contributed by atoms with Crippen LogP contribution in [-0.4, -0.2) is 66.4 Å². The second kappa shape index (κ2) is 11.7. The first-order valence-corrected chi connectivity index (χ1v) is 11.1. The summed E-state index contributed by atoms with van der Waals surface area (Å²) in [4.78, 5) is 21.7. The molecule has 1 atom stereocenters. The minimum Gasteiger partial charge on any atom is -0.491 e. The number of nitrogens with zero attached hydrogens (tertiary/aromatic N) is 2.